The van der Waals surface area contributed by atoms with Crippen molar-refractivity contribution in [1.82, 2.24) is 9.88 Å². The number of rotatable bonds is 6. The molecule has 2 aromatic carbocycles. The molecule has 0 aliphatic carbocycles. The fourth-order valence-electron chi connectivity index (χ4n) is 3.58. The van der Waals surface area contributed by atoms with Crippen molar-refractivity contribution in [2.24, 2.45) is 0 Å². The minimum absolute atomic E-state index is 0.115. The van der Waals surface area contributed by atoms with Crippen molar-refractivity contribution in [3.8, 4) is 5.75 Å². The second-order valence-corrected chi connectivity index (χ2v) is 10.2. The van der Waals surface area contributed by atoms with E-state index in [1.807, 2.05) is 42.2 Å². The molecule has 0 radical (unpaired) electrons. The van der Waals surface area contributed by atoms with Gasteiger partial charge in [-0.25, -0.2) is 4.98 Å². The van der Waals surface area contributed by atoms with E-state index in [-0.39, 0.29) is 5.91 Å². The van der Waals surface area contributed by atoms with Crippen LogP contribution in [0, 0.1) is 0 Å². The molecule has 2 heterocycles. The van der Waals surface area contributed by atoms with Gasteiger partial charge in [-0.2, -0.15) is 0 Å². The van der Waals surface area contributed by atoms with Gasteiger partial charge >= 0.3 is 0 Å². The molecule has 0 bridgehead atoms. The Labute approximate surface area is 186 Å². The number of thiazole rings is 1. The lowest BCUT2D eigenvalue weighted by Crippen LogP contribution is -2.48. The maximum Gasteiger partial charge on any atom is 0.254 e. The van der Waals surface area contributed by atoms with Gasteiger partial charge in [-0.1, -0.05) is 37.3 Å². The van der Waals surface area contributed by atoms with Crippen LogP contribution in [-0.2, 0) is 0 Å². The Morgan fingerprint density at radius 2 is 1.93 bits per heavy atom. The van der Waals surface area contributed by atoms with Crippen LogP contribution < -0.4 is 9.64 Å². The van der Waals surface area contributed by atoms with E-state index in [0.717, 1.165) is 44.6 Å². The van der Waals surface area contributed by atoms with Crippen LogP contribution in [0.25, 0.3) is 10.2 Å². The number of anilines is 1. The van der Waals surface area contributed by atoms with E-state index < -0.39 is 0 Å². The van der Waals surface area contributed by atoms with Crippen molar-refractivity contribution >= 4 is 44.4 Å². The molecule has 4 rings (SSSR count). The number of hydrogen-bond acceptors (Lipinski definition) is 6. The SMILES string of the molecule is CCOc1cccc2sc(N3CCN(C(=O)c4cccc(SC(C)C)c4)CC3)nc12. The van der Waals surface area contributed by atoms with Gasteiger partial charge < -0.3 is 14.5 Å². The van der Waals surface area contributed by atoms with Crippen LogP contribution >= 0.6 is 23.1 Å². The van der Waals surface area contributed by atoms with Crippen LogP contribution in [0.5, 0.6) is 5.75 Å². The summed E-state index contributed by atoms with van der Waals surface area (Å²) in [4.78, 5) is 23.2. The van der Waals surface area contributed by atoms with E-state index in [1.165, 1.54) is 0 Å². The number of fused-ring (bicyclic) bond motifs is 1. The van der Waals surface area contributed by atoms with E-state index in [9.17, 15) is 4.79 Å². The number of hydrogen-bond donors (Lipinski definition) is 0. The first kappa shape index (κ1) is 21.0. The first-order chi connectivity index (χ1) is 14.5. The van der Waals surface area contributed by atoms with Crippen molar-refractivity contribution in [2.45, 2.75) is 30.9 Å². The zero-order valence-corrected chi connectivity index (χ0v) is 19.3. The lowest BCUT2D eigenvalue weighted by Gasteiger charge is -2.34. The number of carbonyl (C=O) groups is 1. The molecular formula is C23H27N3O2S2. The van der Waals surface area contributed by atoms with Gasteiger partial charge in [0.15, 0.2) is 5.13 Å². The second-order valence-electron chi connectivity index (χ2n) is 7.51. The fourth-order valence-corrected chi connectivity index (χ4v) is 5.51. The summed E-state index contributed by atoms with van der Waals surface area (Å²) in [6.45, 7) is 9.92. The molecule has 0 N–H and O–H groups in total. The van der Waals surface area contributed by atoms with Crippen molar-refractivity contribution in [3.63, 3.8) is 0 Å². The summed E-state index contributed by atoms with van der Waals surface area (Å²) in [5.41, 5.74) is 1.70. The third-order valence-electron chi connectivity index (χ3n) is 4.96. The van der Waals surface area contributed by atoms with Gasteiger partial charge in [0, 0.05) is 41.9 Å². The number of ether oxygens (including phenoxy) is 1. The van der Waals surface area contributed by atoms with Crippen molar-refractivity contribution in [1.29, 1.82) is 0 Å². The fraction of sp³-hybridized carbons (Fsp3) is 0.391. The number of thioether (sulfide) groups is 1. The van der Waals surface area contributed by atoms with E-state index in [2.05, 4.69) is 30.9 Å². The van der Waals surface area contributed by atoms with E-state index in [0.29, 0.717) is 24.9 Å². The van der Waals surface area contributed by atoms with Gasteiger partial charge in [-0.3, -0.25) is 4.79 Å². The molecule has 7 heteroatoms. The summed E-state index contributed by atoms with van der Waals surface area (Å²) in [6.07, 6.45) is 0. The van der Waals surface area contributed by atoms with Crippen LogP contribution in [0.3, 0.4) is 0 Å². The number of nitrogens with zero attached hydrogens (tertiary/aromatic N) is 3. The largest absolute Gasteiger partial charge is 0.492 e. The maximum absolute atomic E-state index is 13.0. The first-order valence-corrected chi connectivity index (χ1v) is 12.1. The number of para-hydroxylation sites is 1. The number of carbonyl (C=O) groups excluding carboxylic acids is 1. The van der Waals surface area contributed by atoms with E-state index >= 15 is 0 Å². The van der Waals surface area contributed by atoms with Gasteiger partial charge in [0.05, 0.1) is 11.3 Å². The first-order valence-electron chi connectivity index (χ1n) is 10.4. The highest BCUT2D eigenvalue weighted by atomic mass is 32.2. The predicted octanol–water partition coefficient (Wildman–Crippen LogP) is 5.16. The predicted molar refractivity (Wildman–Crippen MR) is 126 cm³/mol. The molecule has 1 aliphatic rings. The molecule has 1 aliphatic heterocycles. The Morgan fingerprint density at radius 1 is 1.17 bits per heavy atom. The maximum atomic E-state index is 13.0. The third-order valence-corrected chi connectivity index (χ3v) is 7.04. The second kappa shape index (κ2) is 9.27. The van der Waals surface area contributed by atoms with Crippen molar-refractivity contribution < 1.29 is 9.53 Å². The summed E-state index contributed by atoms with van der Waals surface area (Å²) < 4.78 is 6.86. The zero-order valence-electron chi connectivity index (χ0n) is 17.6. The zero-order chi connectivity index (χ0) is 21.1. The van der Waals surface area contributed by atoms with Gasteiger partial charge in [0.1, 0.15) is 11.3 Å². The minimum Gasteiger partial charge on any atom is -0.492 e. The molecular weight excluding hydrogens is 414 g/mol. The molecule has 0 saturated carbocycles. The standard InChI is InChI=1S/C23H27N3O2S2/c1-4-28-19-9-6-10-20-21(19)24-23(30-20)26-13-11-25(12-14-26)22(27)17-7-5-8-18(15-17)29-16(2)3/h5-10,15-16H,4,11-14H2,1-3H3. The molecule has 1 amide bonds. The van der Waals surface area contributed by atoms with Crippen LogP contribution in [0.4, 0.5) is 5.13 Å². The molecule has 0 spiro atoms. The smallest absolute Gasteiger partial charge is 0.254 e. The molecule has 30 heavy (non-hydrogen) atoms. The molecule has 0 unspecified atom stereocenters. The summed E-state index contributed by atoms with van der Waals surface area (Å²) in [7, 11) is 0. The van der Waals surface area contributed by atoms with Gasteiger partial charge in [-0.15, -0.1) is 11.8 Å². The van der Waals surface area contributed by atoms with E-state index in [4.69, 9.17) is 9.72 Å². The lowest BCUT2D eigenvalue weighted by atomic mass is 10.2. The van der Waals surface area contributed by atoms with Crippen LogP contribution in [-0.4, -0.2) is 53.8 Å². The molecule has 3 aromatic rings. The summed E-state index contributed by atoms with van der Waals surface area (Å²) in [5.74, 6) is 0.953. The quantitative estimate of drug-likeness (QED) is 0.495. The van der Waals surface area contributed by atoms with Crippen LogP contribution in [0.1, 0.15) is 31.1 Å². The Balaban J connectivity index is 1.43. The molecule has 1 saturated heterocycles. The summed E-state index contributed by atoms with van der Waals surface area (Å²) >= 11 is 3.47. The third kappa shape index (κ3) is 4.57. The Morgan fingerprint density at radius 3 is 2.67 bits per heavy atom. The van der Waals surface area contributed by atoms with Crippen LogP contribution in [0.2, 0.25) is 0 Å². The average Bonchev–Trinajstić information content (AvgIpc) is 3.19. The highest BCUT2D eigenvalue weighted by Gasteiger charge is 2.24. The van der Waals surface area contributed by atoms with Gasteiger partial charge in [0.2, 0.25) is 0 Å². The molecule has 1 aromatic heterocycles. The average molecular weight is 442 g/mol. The minimum atomic E-state index is 0.115. The Bertz CT molecular complexity index is 1030. The molecule has 1 fully saturated rings. The number of piperazine rings is 1. The summed E-state index contributed by atoms with van der Waals surface area (Å²) in [6, 6.07) is 14.1. The lowest BCUT2D eigenvalue weighted by molar-refractivity contribution is 0.0746. The highest BCUT2D eigenvalue weighted by Crippen LogP contribution is 2.34. The highest BCUT2D eigenvalue weighted by molar-refractivity contribution is 7.99. The Hall–Kier alpha value is -2.25. The Kier molecular flexibility index (Phi) is 6.49. The number of benzene rings is 2. The number of amides is 1. The van der Waals surface area contributed by atoms with Crippen molar-refractivity contribution in [3.05, 3.63) is 48.0 Å². The van der Waals surface area contributed by atoms with E-state index in [1.54, 1.807) is 23.1 Å². The number of aromatic nitrogens is 1. The van der Waals surface area contributed by atoms with Gasteiger partial charge in [0.25, 0.3) is 5.91 Å². The monoisotopic (exact) mass is 441 g/mol. The topological polar surface area (TPSA) is 45.7 Å². The normalized spacial score (nSPS) is 14.5. The summed E-state index contributed by atoms with van der Waals surface area (Å²) in [5, 5.41) is 1.50. The molecule has 158 valence electrons. The molecule has 5 nitrogen and oxygen atoms in total. The van der Waals surface area contributed by atoms with Crippen LogP contribution in [0.15, 0.2) is 47.4 Å². The van der Waals surface area contributed by atoms with Gasteiger partial charge in [-0.05, 0) is 37.3 Å². The molecule has 0 atom stereocenters. The van der Waals surface area contributed by atoms with Crippen molar-refractivity contribution in [2.75, 3.05) is 37.7 Å².